The summed E-state index contributed by atoms with van der Waals surface area (Å²) in [5.41, 5.74) is 0.294. The topological polar surface area (TPSA) is 123 Å². The minimum Gasteiger partial charge on any atom is -0.389 e. The van der Waals surface area contributed by atoms with Gasteiger partial charge in [0.1, 0.15) is 11.6 Å². The summed E-state index contributed by atoms with van der Waals surface area (Å²) in [6, 6.07) is 2.43. The van der Waals surface area contributed by atoms with E-state index in [-0.39, 0.29) is 43.7 Å². The molecule has 0 spiro atoms. The molecule has 13 heteroatoms. The highest BCUT2D eigenvalue weighted by atomic mass is 32.2. The molecule has 1 aromatic carbocycles. The van der Waals surface area contributed by atoms with Crippen LogP contribution in [0.5, 0.6) is 0 Å². The number of aliphatic hydroxyl groups excluding tert-OH is 1. The van der Waals surface area contributed by atoms with E-state index >= 15 is 0 Å². The Bertz CT molecular complexity index is 1140. The second-order valence-corrected chi connectivity index (χ2v) is 10.7. The molecule has 0 bridgehead atoms. The maximum Gasteiger partial charge on any atom is 0.262 e. The normalized spacial score (nSPS) is 25.9. The van der Waals surface area contributed by atoms with E-state index in [1.54, 1.807) is 7.05 Å². The molecule has 2 fully saturated rings. The van der Waals surface area contributed by atoms with Crippen LogP contribution < -0.4 is 5.32 Å². The number of amides is 1. The molecule has 2 aromatic rings. The number of aliphatic hydroxyl groups is 1. The lowest BCUT2D eigenvalue weighted by molar-refractivity contribution is -0.146. The molecule has 2 N–H and O–H groups in total. The van der Waals surface area contributed by atoms with E-state index in [2.05, 4.69) is 10.3 Å². The molecule has 2 saturated heterocycles. The number of aromatic nitrogens is 2. The molecule has 10 nitrogen and oxygen atoms in total. The molecule has 35 heavy (non-hydrogen) atoms. The van der Waals surface area contributed by atoms with E-state index < -0.39 is 46.0 Å². The van der Waals surface area contributed by atoms with E-state index in [0.29, 0.717) is 18.4 Å². The zero-order valence-corrected chi connectivity index (χ0v) is 20.0. The number of carbonyl (C=O) groups is 1. The number of imidazole rings is 1. The molecule has 1 amide bonds. The van der Waals surface area contributed by atoms with Gasteiger partial charge in [-0.1, -0.05) is 0 Å². The van der Waals surface area contributed by atoms with Gasteiger partial charge in [0.25, 0.3) is 10.0 Å². The van der Waals surface area contributed by atoms with Crippen molar-refractivity contribution in [2.24, 2.45) is 7.05 Å². The number of β-amino-alcohol motifs (C(OH)–C–C–N with tert-alkyl or cyclic N) is 1. The van der Waals surface area contributed by atoms with E-state index in [1.165, 1.54) is 21.4 Å². The number of aryl methyl sites for hydroxylation is 1. The predicted octanol–water partition coefficient (Wildman–Crippen LogP) is 0.703. The van der Waals surface area contributed by atoms with Gasteiger partial charge in [-0.3, -0.25) is 4.79 Å². The van der Waals surface area contributed by atoms with Gasteiger partial charge in [0.15, 0.2) is 5.03 Å². The Hall–Kier alpha value is -2.45. The Morgan fingerprint density at radius 1 is 1.23 bits per heavy atom. The van der Waals surface area contributed by atoms with Gasteiger partial charge in [0, 0.05) is 32.4 Å². The fourth-order valence-corrected chi connectivity index (χ4v) is 6.09. The first-order chi connectivity index (χ1) is 16.6. The third-order valence-electron chi connectivity index (χ3n) is 6.01. The maximum absolute atomic E-state index is 13.3. The van der Waals surface area contributed by atoms with Crippen molar-refractivity contribution < 1.29 is 36.6 Å². The molecule has 4 atom stereocenters. The van der Waals surface area contributed by atoms with Crippen LogP contribution in [0.3, 0.4) is 0 Å². The van der Waals surface area contributed by atoms with E-state index in [9.17, 15) is 27.1 Å². The molecule has 0 saturated carbocycles. The number of fused-ring (bicyclic) bond motifs is 1. The third kappa shape index (κ3) is 6.22. The Morgan fingerprint density at radius 2 is 1.97 bits per heavy atom. The number of hydrogen-bond acceptors (Lipinski definition) is 7. The molecule has 3 heterocycles. The monoisotopic (exact) mass is 514 g/mol. The highest BCUT2D eigenvalue weighted by molar-refractivity contribution is 7.89. The number of rotatable bonds is 6. The quantitative estimate of drug-likeness (QED) is 0.582. The number of halogens is 2. The van der Waals surface area contributed by atoms with Gasteiger partial charge in [0.2, 0.25) is 5.91 Å². The molecular weight excluding hydrogens is 486 g/mol. The van der Waals surface area contributed by atoms with Gasteiger partial charge in [-0.2, -0.15) is 4.31 Å². The van der Waals surface area contributed by atoms with Crippen LogP contribution in [0.1, 0.15) is 24.8 Å². The SMILES string of the molecule is Cn1cnc(S(=O)(=O)N2C[C@H](O)COC[C@@H]3O[C@H](CC(=O)NCc4cc(F)cc(F)c4)CC[C@H]32)c1. The van der Waals surface area contributed by atoms with E-state index in [1.807, 2.05) is 0 Å². The van der Waals surface area contributed by atoms with Crippen molar-refractivity contribution in [1.82, 2.24) is 19.2 Å². The van der Waals surface area contributed by atoms with Gasteiger partial charge in [-0.25, -0.2) is 22.2 Å². The first-order valence-electron chi connectivity index (χ1n) is 11.2. The van der Waals surface area contributed by atoms with Crippen LogP contribution in [0.25, 0.3) is 0 Å². The molecule has 4 rings (SSSR count). The first-order valence-corrected chi connectivity index (χ1v) is 12.7. The Labute approximate surface area is 201 Å². The molecule has 0 radical (unpaired) electrons. The van der Waals surface area contributed by atoms with Gasteiger partial charge >= 0.3 is 0 Å². The fourth-order valence-electron chi connectivity index (χ4n) is 4.41. The van der Waals surface area contributed by atoms with Crippen LogP contribution in [0, 0.1) is 11.6 Å². The number of nitrogens with zero attached hydrogens (tertiary/aromatic N) is 3. The second kappa shape index (κ2) is 10.7. The van der Waals surface area contributed by atoms with Crippen molar-refractivity contribution in [3.8, 4) is 0 Å². The Morgan fingerprint density at radius 3 is 2.66 bits per heavy atom. The van der Waals surface area contributed by atoms with Crippen molar-refractivity contribution in [3.05, 3.63) is 47.9 Å². The van der Waals surface area contributed by atoms with Crippen LogP contribution >= 0.6 is 0 Å². The smallest absolute Gasteiger partial charge is 0.262 e. The molecular formula is C22H28F2N4O6S. The number of ether oxygens (including phenoxy) is 2. The van der Waals surface area contributed by atoms with Crippen molar-refractivity contribution in [3.63, 3.8) is 0 Å². The second-order valence-electron chi connectivity index (χ2n) is 8.84. The largest absolute Gasteiger partial charge is 0.389 e. The van der Waals surface area contributed by atoms with Gasteiger partial charge < -0.3 is 24.5 Å². The number of hydrogen-bond donors (Lipinski definition) is 2. The number of nitrogens with one attached hydrogen (secondary N) is 1. The summed E-state index contributed by atoms with van der Waals surface area (Å²) in [7, 11) is -2.34. The first kappa shape index (κ1) is 25.6. The highest BCUT2D eigenvalue weighted by Gasteiger charge is 2.43. The fraction of sp³-hybridized carbons (Fsp3) is 0.545. The molecule has 1 aromatic heterocycles. The lowest BCUT2D eigenvalue weighted by Gasteiger charge is -2.43. The lowest BCUT2D eigenvalue weighted by atomic mass is 9.96. The van der Waals surface area contributed by atoms with Crippen molar-refractivity contribution in [2.45, 2.75) is 55.2 Å². The summed E-state index contributed by atoms with van der Waals surface area (Å²) in [4.78, 5) is 16.4. The molecule has 0 unspecified atom stereocenters. The molecule has 0 aliphatic carbocycles. The van der Waals surface area contributed by atoms with Crippen molar-refractivity contribution in [2.75, 3.05) is 19.8 Å². The number of benzene rings is 1. The molecule has 2 aliphatic rings. The zero-order chi connectivity index (χ0) is 25.2. The molecule has 2 aliphatic heterocycles. The predicted molar refractivity (Wildman–Crippen MR) is 118 cm³/mol. The summed E-state index contributed by atoms with van der Waals surface area (Å²) >= 11 is 0. The summed E-state index contributed by atoms with van der Waals surface area (Å²) < 4.78 is 67.7. The average molecular weight is 515 g/mol. The number of carbonyl (C=O) groups excluding carboxylic acids is 1. The van der Waals surface area contributed by atoms with Crippen LogP contribution in [-0.2, 0) is 37.9 Å². The standard InChI is InChI=1S/C22H28F2N4O6S/c1-27-10-22(26-13-27)35(31,32)28-9-17(29)11-33-12-20-19(28)3-2-18(34-20)7-21(30)25-8-14-4-15(23)6-16(24)5-14/h4-6,10,13,17-20,29H,2-3,7-9,11-12H2,1H3,(H,25,30)/t17-,18-,19+,20-/m0/s1. The highest BCUT2D eigenvalue weighted by Crippen LogP contribution is 2.31. The van der Waals surface area contributed by atoms with Crippen LogP contribution in [-0.4, -0.2) is 77.4 Å². The third-order valence-corrected chi connectivity index (χ3v) is 7.79. The Kier molecular flexibility index (Phi) is 7.81. The van der Waals surface area contributed by atoms with Crippen LogP contribution in [0.2, 0.25) is 0 Å². The van der Waals surface area contributed by atoms with Crippen molar-refractivity contribution >= 4 is 15.9 Å². The van der Waals surface area contributed by atoms with Gasteiger partial charge in [0.05, 0.1) is 50.3 Å². The van der Waals surface area contributed by atoms with E-state index in [4.69, 9.17) is 9.47 Å². The van der Waals surface area contributed by atoms with Gasteiger partial charge in [-0.05, 0) is 30.5 Å². The summed E-state index contributed by atoms with van der Waals surface area (Å²) in [5.74, 6) is -1.82. The minimum atomic E-state index is -4.01. The Balaban J connectivity index is 1.41. The minimum absolute atomic E-state index is 0.00334. The summed E-state index contributed by atoms with van der Waals surface area (Å²) in [6.45, 7) is -0.213. The maximum atomic E-state index is 13.3. The van der Waals surface area contributed by atoms with E-state index in [0.717, 1.165) is 18.2 Å². The van der Waals surface area contributed by atoms with Crippen molar-refractivity contribution in [1.29, 1.82) is 0 Å². The average Bonchev–Trinajstić information content (AvgIpc) is 3.22. The lowest BCUT2D eigenvalue weighted by Crippen LogP contribution is -2.57. The summed E-state index contributed by atoms with van der Waals surface area (Å²) in [5, 5.41) is 12.8. The number of sulfonamides is 1. The van der Waals surface area contributed by atoms with Gasteiger partial charge in [-0.15, -0.1) is 0 Å². The van der Waals surface area contributed by atoms with Crippen LogP contribution in [0.15, 0.2) is 35.7 Å². The zero-order valence-electron chi connectivity index (χ0n) is 19.1. The summed E-state index contributed by atoms with van der Waals surface area (Å²) in [6.07, 6.45) is 1.42. The van der Waals surface area contributed by atoms with Crippen LogP contribution in [0.4, 0.5) is 8.78 Å². The molecule has 192 valence electrons.